The number of carbonyl (C=O) groups excluding carboxylic acids is 1. The van der Waals surface area contributed by atoms with Gasteiger partial charge in [-0.2, -0.15) is 0 Å². The molecule has 0 aromatic carbocycles. The molecule has 1 amide bonds. The van der Waals surface area contributed by atoms with Crippen molar-refractivity contribution in [2.45, 2.75) is 13.3 Å². The Morgan fingerprint density at radius 1 is 1.69 bits per heavy atom. The normalized spacial score (nSPS) is 11.3. The van der Waals surface area contributed by atoms with Gasteiger partial charge in [0.1, 0.15) is 5.84 Å². The van der Waals surface area contributed by atoms with Crippen LogP contribution in [0.4, 0.5) is 0 Å². The van der Waals surface area contributed by atoms with E-state index >= 15 is 0 Å². The van der Waals surface area contributed by atoms with Crippen LogP contribution in [0.1, 0.15) is 13.3 Å². The fourth-order valence-electron chi connectivity index (χ4n) is 0.669. The summed E-state index contributed by atoms with van der Waals surface area (Å²) in [5, 5.41) is 13.4. The first-order chi connectivity index (χ1) is 6.20. The van der Waals surface area contributed by atoms with Gasteiger partial charge in [-0.1, -0.05) is 5.16 Å². The predicted octanol–water partition coefficient (Wildman–Crippen LogP) is -0.724. The number of amidine groups is 1. The van der Waals surface area contributed by atoms with Crippen LogP contribution in [-0.2, 0) is 9.53 Å². The second-order valence-electron chi connectivity index (χ2n) is 2.31. The van der Waals surface area contributed by atoms with Gasteiger partial charge in [0.2, 0.25) is 5.91 Å². The lowest BCUT2D eigenvalue weighted by Crippen LogP contribution is -2.31. The summed E-state index contributed by atoms with van der Waals surface area (Å²) in [4.78, 5) is 10.9. The van der Waals surface area contributed by atoms with Gasteiger partial charge in [-0.3, -0.25) is 4.79 Å². The van der Waals surface area contributed by atoms with Gasteiger partial charge in [0, 0.05) is 13.2 Å². The lowest BCUT2D eigenvalue weighted by atomic mass is 10.4. The van der Waals surface area contributed by atoms with Gasteiger partial charge in [0.15, 0.2) is 0 Å². The topological polar surface area (TPSA) is 96.9 Å². The molecule has 0 aromatic rings. The minimum atomic E-state index is -0.282. The van der Waals surface area contributed by atoms with E-state index in [0.29, 0.717) is 19.8 Å². The molecule has 76 valence electrons. The molecule has 0 fully saturated rings. The molecule has 4 N–H and O–H groups in total. The predicted molar refractivity (Wildman–Crippen MR) is 47.5 cm³/mol. The summed E-state index contributed by atoms with van der Waals surface area (Å²) in [6.45, 7) is 3.40. The van der Waals surface area contributed by atoms with Gasteiger partial charge < -0.3 is 21.0 Å². The molecule has 0 heterocycles. The molecule has 0 radical (unpaired) electrons. The van der Waals surface area contributed by atoms with E-state index in [4.69, 9.17) is 15.7 Å². The van der Waals surface area contributed by atoms with E-state index in [1.165, 1.54) is 0 Å². The van der Waals surface area contributed by atoms with E-state index in [9.17, 15) is 4.79 Å². The number of carbonyl (C=O) groups is 1. The SMILES string of the molecule is CCOCCNC(=O)C/C(N)=N/O. The van der Waals surface area contributed by atoms with Gasteiger partial charge in [0.25, 0.3) is 0 Å². The zero-order chi connectivity index (χ0) is 10.1. The number of nitrogens with two attached hydrogens (primary N) is 1. The highest BCUT2D eigenvalue weighted by molar-refractivity contribution is 5.98. The summed E-state index contributed by atoms with van der Waals surface area (Å²) in [6.07, 6.45) is -0.0946. The molecule has 0 spiro atoms. The number of amides is 1. The number of ether oxygens (including phenoxy) is 1. The Bertz CT molecular complexity index is 182. The van der Waals surface area contributed by atoms with E-state index in [-0.39, 0.29) is 18.2 Å². The summed E-state index contributed by atoms with van der Waals surface area (Å²) in [5.74, 6) is -0.385. The first-order valence-electron chi connectivity index (χ1n) is 4.01. The number of nitrogens with zero attached hydrogens (tertiary/aromatic N) is 1. The molecule has 6 nitrogen and oxygen atoms in total. The molecule has 0 saturated heterocycles. The molecule has 0 atom stereocenters. The lowest BCUT2D eigenvalue weighted by Gasteiger charge is -2.03. The van der Waals surface area contributed by atoms with Crippen LogP contribution in [0.3, 0.4) is 0 Å². The van der Waals surface area contributed by atoms with Gasteiger partial charge in [-0.15, -0.1) is 0 Å². The Morgan fingerprint density at radius 3 is 2.92 bits per heavy atom. The zero-order valence-electron chi connectivity index (χ0n) is 7.62. The molecule has 0 unspecified atom stereocenters. The van der Waals surface area contributed by atoms with Crippen LogP contribution in [0, 0.1) is 0 Å². The second-order valence-corrected chi connectivity index (χ2v) is 2.31. The highest BCUT2D eigenvalue weighted by Crippen LogP contribution is 1.79. The molecule has 0 aliphatic heterocycles. The number of rotatable bonds is 6. The van der Waals surface area contributed by atoms with Gasteiger partial charge in [-0.05, 0) is 6.92 Å². The van der Waals surface area contributed by atoms with Crippen molar-refractivity contribution in [3.8, 4) is 0 Å². The van der Waals surface area contributed by atoms with E-state index in [2.05, 4.69) is 10.5 Å². The van der Waals surface area contributed by atoms with Crippen LogP contribution in [0.2, 0.25) is 0 Å². The van der Waals surface area contributed by atoms with Crippen LogP contribution in [0.5, 0.6) is 0 Å². The summed E-state index contributed by atoms with van der Waals surface area (Å²) < 4.78 is 4.99. The number of hydrogen-bond acceptors (Lipinski definition) is 4. The molecular weight excluding hydrogens is 174 g/mol. The third kappa shape index (κ3) is 7.07. The second kappa shape index (κ2) is 7.35. The molecule has 6 heteroatoms. The average molecular weight is 189 g/mol. The van der Waals surface area contributed by atoms with Crippen molar-refractivity contribution in [2.75, 3.05) is 19.8 Å². The Kier molecular flexibility index (Phi) is 6.62. The minimum Gasteiger partial charge on any atom is -0.409 e. The van der Waals surface area contributed by atoms with Crippen molar-refractivity contribution in [1.29, 1.82) is 0 Å². The van der Waals surface area contributed by atoms with E-state index in [1.807, 2.05) is 6.92 Å². The van der Waals surface area contributed by atoms with Crippen molar-refractivity contribution in [1.82, 2.24) is 5.32 Å². The third-order valence-corrected chi connectivity index (χ3v) is 1.24. The van der Waals surface area contributed by atoms with Crippen LogP contribution in [0.25, 0.3) is 0 Å². The van der Waals surface area contributed by atoms with Crippen molar-refractivity contribution < 1.29 is 14.7 Å². The summed E-state index contributed by atoms with van der Waals surface area (Å²) in [7, 11) is 0. The molecule has 13 heavy (non-hydrogen) atoms. The molecule has 0 aliphatic rings. The molecular formula is C7H15N3O3. The molecule has 0 bridgehead atoms. The monoisotopic (exact) mass is 189 g/mol. The fraction of sp³-hybridized carbons (Fsp3) is 0.714. The Hall–Kier alpha value is -1.30. The average Bonchev–Trinajstić information content (AvgIpc) is 2.12. The van der Waals surface area contributed by atoms with Gasteiger partial charge >= 0.3 is 0 Å². The molecule has 0 aliphatic carbocycles. The smallest absolute Gasteiger partial charge is 0.227 e. The van der Waals surface area contributed by atoms with Gasteiger partial charge in [-0.25, -0.2) is 0 Å². The van der Waals surface area contributed by atoms with Crippen molar-refractivity contribution in [3.05, 3.63) is 0 Å². The van der Waals surface area contributed by atoms with Crippen LogP contribution >= 0.6 is 0 Å². The highest BCUT2D eigenvalue weighted by atomic mass is 16.5. The summed E-state index contributed by atoms with van der Waals surface area (Å²) >= 11 is 0. The standard InChI is InChI=1S/C7H15N3O3/c1-2-13-4-3-9-7(11)5-6(8)10-12/h12H,2-5H2,1H3,(H2,8,10)(H,9,11). The van der Waals surface area contributed by atoms with Crippen molar-refractivity contribution >= 4 is 11.7 Å². The van der Waals surface area contributed by atoms with E-state index in [0.717, 1.165) is 0 Å². The minimum absolute atomic E-state index is 0.0946. The first kappa shape index (κ1) is 11.7. The maximum atomic E-state index is 10.9. The number of hydrogen-bond donors (Lipinski definition) is 3. The summed E-state index contributed by atoms with van der Waals surface area (Å²) in [5.41, 5.74) is 5.11. The maximum Gasteiger partial charge on any atom is 0.227 e. The lowest BCUT2D eigenvalue weighted by molar-refractivity contribution is -0.120. The Balaban J connectivity index is 3.41. The molecule has 0 rings (SSSR count). The highest BCUT2D eigenvalue weighted by Gasteiger charge is 2.02. The molecule has 0 aromatic heterocycles. The largest absolute Gasteiger partial charge is 0.409 e. The Morgan fingerprint density at radius 2 is 2.38 bits per heavy atom. The first-order valence-corrected chi connectivity index (χ1v) is 4.01. The van der Waals surface area contributed by atoms with Crippen LogP contribution in [0.15, 0.2) is 5.16 Å². The summed E-state index contributed by atoms with van der Waals surface area (Å²) in [6, 6.07) is 0. The van der Waals surface area contributed by atoms with E-state index in [1.54, 1.807) is 0 Å². The quantitative estimate of drug-likeness (QED) is 0.169. The maximum absolute atomic E-state index is 10.9. The fourth-order valence-corrected chi connectivity index (χ4v) is 0.669. The van der Waals surface area contributed by atoms with Crippen LogP contribution in [-0.4, -0.2) is 36.7 Å². The van der Waals surface area contributed by atoms with Crippen LogP contribution < -0.4 is 11.1 Å². The Labute approximate surface area is 76.7 Å². The molecule has 0 saturated carbocycles. The number of oxime groups is 1. The third-order valence-electron chi connectivity index (χ3n) is 1.24. The van der Waals surface area contributed by atoms with Crippen molar-refractivity contribution in [2.24, 2.45) is 10.9 Å². The zero-order valence-corrected chi connectivity index (χ0v) is 7.62. The van der Waals surface area contributed by atoms with Gasteiger partial charge in [0.05, 0.1) is 13.0 Å². The van der Waals surface area contributed by atoms with E-state index < -0.39 is 0 Å². The van der Waals surface area contributed by atoms with Crippen molar-refractivity contribution in [3.63, 3.8) is 0 Å². The number of nitrogens with one attached hydrogen (secondary N) is 1.